The fraction of sp³-hybridized carbons (Fsp3) is 0.625. The second kappa shape index (κ2) is 7.98. The number of rotatable bonds is 5. The number of nitrogens with one attached hydrogen (secondary N) is 1. The Bertz CT molecular complexity index is 560. The van der Waals surface area contributed by atoms with Gasteiger partial charge in [-0.15, -0.1) is 0 Å². The van der Waals surface area contributed by atoms with Crippen LogP contribution in [0.3, 0.4) is 0 Å². The quantitative estimate of drug-likeness (QED) is 0.853. The van der Waals surface area contributed by atoms with Crippen LogP contribution in [0, 0.1) is 0 Å². The fourth-order valence-electron chi connectivity index (χ4n) is 2.82. The second-order valence-electron chi connectivity index (χ2n) is 5.88. The molecule has 0 unspecified atom stereocenters. The van der Waals surface area contributed by atoms with Crippen LogP contribution >= 0.6 is 0 Å². The van der Waals surface area contributed by atoms with Crippen molar-refractivity contribution < 1.29 is 9.90 Å². The lowest BCUT2D eigenvalue weighted by atomic mass is 10.2. The highest BCUT2D eigenvalue weighted by atomic mass is 16.3. The number of likely N-dealkylation sites (tertiary alicyclic amines) is 1. The summed E-state index contributed by atoms with van der Waals surface area (Å²) < 4.78 is 1.86. The fourth-order valence-corrected chi connectivity index (χ4v) is 2.82. The Morgan fingerprint density at radius 1 is 1.27 bits per heavy atom. The molecule has 0 radical (unpaired) electrons. The Labute approximate surface area is 130 Å². The van der Waals surface area contributed by atoms with Gasteiger partial charge >= 0.3 is 0 Å². The molecule has 0 aliphatic carbocycles. The third-order valence-electron chi connectivity index (χ3n) is 4.01. The van der Waals surface area contributed by atoms with Gasteiger partial charge in [0.2, 0.25) is 11.3 Å². The van der Waals surface area contributed by atoms with Crippen molar-refractivity contribution in [2.45, 2.75) is 45.7 Å². The van der Waals surface area contributed by atoms with Crippen LogP contribution < -0.4 is 10.7 Å². The number of hydrogen-bond donors (Lipinski definition) is 2. The van der Waals surface area contributed by atoms with Crippen LogP contribution in [-0.2, 0) is 17.9 Å². The molecule has 2 rings (SSSR count). The molecule has 1 aliphatic rings. The molecule has 1 aliphatic heterocycles. The lowest BCUT2D eigenvalue weighted by Gasteiger charge is -2.22. The molecular formula is C16H25N3O3. The van der Waals surface area contributed by atoms with Gasteiger partial charge in [-0.2, -0.15) is 0 Å². The third-order valence-corrected chi connectivity index (χ3v) is 4.01. The van der Waals surface area contributed by atoms with Crippen molar-refractivity contribution in [1.29, 1.82) is 0 Å². The molecule has 1 amide bonds. The van der Waals surface area contributed by atoms with E-state index in [-0.39, 0.29) is 17.1 Å². The molecule has 0 saturated carbocycles. The van der Waals surface area contributed by atoms with Crippen LogP contribution in [0.4, 0.5) is 0 Å². The predicted octanol–water partition coefficient (Wildman–Crippen LogP) is 1.07. The van der Waals surface area contributed by atoms with Crippen LogP contribution in [0.2, 0.25) is 0 Å². The number of nitrogens with zero attached hydrogens (tertiary/aromatic N) is 2. The first-order valence-corrected chi connectivity index (χ1v) is 7.95. The summed E-state index contributed by atoms with van der Waals surface area (Å²) in [4.78, 5) is 25.1. The van der Waals surface area contributed by atoms with E-state index in [1.54, 1.807) is 0 Å². The number of aromatic hydroxyl groups is 1. The van der Waals surface area contributed by atoms with Crippen LogP contribution in [-0.4, -0.2) is 40.1 Å². The van der Waals surface area contributed by atoms with Crippen molar-refractivity contribution in [3.8, 4) is 5.75 Å². The number of pyridine rings is 1. The summed E-state index contributed by atoms with van der Waals surface area (Å²) in [5.41, 5.74) is 0.538. The van der Waals surface area contributed by atoms with Crippen molar-refractivity contribution in [2.75, 3.05) is 19.6 Å². The molecule has 0 aromatic carbocycles. The summed E-state index contributed by atoms with van der Waals surface area (Å²) in [6.07, 6.45) is 6.38. The molecule has 1 fully saturated rings. The first-order valence-electron chi connectivity index (χ1n) is 7.95. The summed E-state index contributed by atoms with van der Waals surface area (Å²) >= 11 is 0. The lowest BCUT2D eigenvalue weighted by Crippen LogP contribution is -2.29. The molecule has 122 valence electrons. The van der Waals surface area contributed by atoms with Gasteiger partial charge in [-0.1, -0.05) is 12.8 Å². The van der Waals surface area contributed by atoms with Crippen LogP contribution in [0.1, 0.15) is 38.3 Å². The number of aromatic nitrogens is 1. The molecule has 22 heavy (non-hydrogen) atoms. The van der Waals surface area contributed by atoms with Crippen LogP contribution in [0.15, 0.2) is 17.1 Å². The molecule has 2 N–H and O–H groups in total. The Balaban J connectivity index is 2.11. The molecule has 6 nitrogen and oxygen atoms in total. The molecule has 0 atom stereocenters. The van der Waals surface area contributed by atoms with Gasteiger partial charge in [-0.05, 0) is 25.9 Å². The van der Waals surface area contributed by atoms with E-state index in [1.165, 1.54) is 44.9 Å². The molecule has 1 aromatic rings. The molecule has 1 saturated heterocycles. The van der Waals surface area contributed by atoms with Gasteiger partial charge in [0.1, 0.15) is 0 Å². The average Bonchev–Trinajstić information content (AvgIpc) is 2.72. The average molecular weight is 307 g/mol. The van der Waals surface area contributed by atoms with Gasteiger partial charge in [0.05, 0.1) is 6.20 Å². The normalized spacial score (nSPS) is 16.2. The standard InChI is InChI=1S/C16H25N3O3/c1-13(20)17-6-9-19-12-16(22)15(21)10-14(19)11-18-7-4-2-3-5-8-18/h10,12,22H,2-9,11H2,1H3,(H,17,20). The summed E-state index contributed by atoms with van der Waals surface area (Å²) in [5.74, 6) is -0.332. The van der Waals surface area contributed by atoms with E-state index in [4.69, 9.17) is 0 Å². The number of carbonyl (C=O) groups excluding carboxylic acids is 1. The van der Waals surface area contributed by atoms with Crippen LogP contribution in [0.25, 0.3) is 0 Å². The molecule has 0 bridgehead atoms. The van der Waals surface area contributed by atoms with E-state index in [0.717, 1.165) is 18.8 Å². The monoisotopic (exact) mass is 307 g/mol. The van der Waals surface area contributed by atoms with E-state index in [0.29, 0.717) is 19.6 Å². The van der Waals surface area contributed by atoms with Crippen LogP contribution in [0.5, 0.6) is 5.75 Å². The maximum absolute atomic E-state index is 11.7. The smallest absolute Gasteiger partial charge is 0.223 e. The van der Waals surface area contributed by atoms with Crippen molar-refractivity contribution in [3.63, 3.8) is 0 Å². The molecule has 1 aromatic heterocycles. The third kappa shape index (κ3) is 4.87. The Hall–Kier alpha value is -1.82. The summed E-state index contributed by atoms with van der Waals surface area (Å²) in [5, 5.41) is 12.4. The summed E-state index contributed by atoms with van der Waals surface area (Å²) in [6, 6.07) is 1.51. The lowest BCUT2D eigenvalue weighted by molar-refractivity contribution is -0.118. The Morgan fingerprint density at radius 2 is 1.95 bits per heavy atom. The number of carbonyl (C=O) groups is 1. The van der Waals surface area contributed by atoms with E-state index in [1.807, 2.05) is 4.57 Å². The zero-order valence-electron chi connectivity index (χ0n) is 13.2. The van der Waals surface area contributed by atoms with Crippen molar-refractivity contribution in [2.24, 2.45) is 0 Å². The van der Waals surface area contributed by atoms with Crippen molar-refractivity contribution in [1.82, 2.24) is 14.8 Å². The first kappa shape index (κ1) is 16.5. The van der Waals surface area contributed by atoms with Crippen molar-refractivity contribution in [3.05, 3.63) is 28.2 Å². The minimum Gasteiger partial charge on any atom is -0.503 e. The van der Waals surface area contributed by atoms with Crippen molar-refractivity contribution >= 4 is 5.91 Å². The topological polar surface area (TPSA) is 74.6 Å². The minimum absolute atomic E-state index is 0.0839. The van der Waals surface area contributed by atoms with Gasteiger partial charge in [0, 0.05) is 38.3 Å². The second-order valence-corrected chi connectivity index (χ2v) is 5.88. The maximum Gasteiger partial charge on any atom is 0.223 e. The van der Waals surface area contributed by atoms with E-state index < -0.39 is 0 Å². The zero-order chi connectivity index (χ0) is 15.9. The van der Waals surface area contributed by atoms with Gasteiger partial charge in [-0.25, -0.2) is 0 Å². The van der Waals surface area contributed by atoms with Gasteiger partial charge in [0.25, 0.3) is 0 Å². The largest absolute Gasteiger partial charge is 0.503 e. The van der Waals surface area contributed by atoms with E-state index in [2.05, 4.69) is 10.2 Å². The first-order chi connectivity index (χ1) is 10.6. The number of amides is 1. The minimum atomic E-state index is -0.347. The Morgan fingerprint density at radius 3 is 2.59 bits per heavy atom. The number of hydrogen-bond acceptors (Lipinski definition) is 4. The summed E-state index contributed by atoms with van der Waals surface area (Å²) in [7, 11) is 0. The van der Waals surface area contributed by atoms with Gasteiger partial charge in [0.15, 0.2) is 5.75 Å². The molecule has 0 spiro atoms. The van der Waals surface area contributed by atoms with E-state index >= 15 is 0 Å². The highest BCUT2D eigenvalue weighted by molar-refractivity contribution is 5.72. The Kier molecular flexibility index (Phi) is 6.00. The van der Waals surface area contributed by atoms with E-state index in [9.17, 15) is 14.7 Å². The molecule has 6 heteroatoms. The summed E-state index contributed by atoms with van der Waals surface area (Å²) in [6.45, 7) is 5.28. The zero-order valence-corrected chi connectivity index (χ0v) is 13.2. The SMILES string of the molecule is CC(=O)NCCn1cc(O)c(=O)cc1CN1CCCCCC1. The molecule has 2 heterocycles. The maximum atomic E-state index is 11.7. The highest BCUT2D eigenvalue weighted by Gasteiger charge is 2.13. The predicted molar refractivity (Wildman–Crippen MR) is 84.8 cm³/mol. The highest BCUT2D eigenvalue weighted by Crippen LogP contribution is 2.14. The van der Waals surface area contributed by atoms with Gasteiger partial charge in [-0.3, -0.25) is 14.5 Å². The van der Waals surface area contributed by atoms with Gasteiger partial charge < -0.3 is 15.0 Å². The molecular weight excluding hydrogens is 282 g/mol.